The number of nitrogens with one attached hydrogen (secondary N) is 1. The molecule has 2 aromatic carbocycles. The van der Waals surface area contributed by atoms with Crippen molar-refractivity contribution in [2.24, 2.45) is 0 Å². The lowest BCUT2D eigenvalue weighted by atomic mass is 9.95. The van der Waals surface area contributed by atoms with Gasteiger partial charge in [0.25, 0.3) is 5.91 Å². The Hall–Kier alpha value is -2.32. The molecule has 0 aliphatic carbocycles. The van der Waals surface area contributed by atoms with Crippen LogP contribution in [0, 0.1) is 5.82 Å². The summed E-state index contributed by atoms with van der Waals surface area (Å²) in [5.41, 5.74) is 2.73. The maximum atomic E-state index is 13.4. The van der Waals surface area contributed by atoms with Crippen LogP contribution in [0.2, 0.25) is 0 Å². The Labute approximate surface area is 168 Å². The van der Waals surface area contributed by atoms with Gasteiger partial charge in [0, 0.05) is 25.2 Å². The molecule has 2 aromatic rings. The van der Waals surface area contributed by atoms with Crippen LogP contribution in [0.15, 0.2) is 48.5 Å². The fraction of sp³-hybridized carbons (Fsp3) is 0.409. The minimum absolute atomic E-state index is 0.158. The lowest BCUT2D eigenvalue weighted by Crippen LogP contribution is -2.52. The number of nitrogens with zero attached hydrogens (tertiary/aromatic N) is 1. The molecule has 0 radical (unpaired) electrons. The number of benzene rings is 2. The minimum Gasteiger partial charge on any atom is -0.394 e. The SMILES string of the molecule is O=C(NCC1OC(CO)C(O)C1N1CCc2ccccc2C1)c1cccc(F)c1. The molecule has 4 unspecified atom stereocenters. The summed E-state index contributed by atoms with van der Waals surface area (Å²) in [6, 6.07) is 13.3. The second-order valence-electron chi connectivity index (χ2n) is 7.59. The van der Waals surface area contributed by atoms with E-state index in [0.29, 0.717) is 6.54 Å². The first-order chi connectivity index (χ1) is 14.1. The van der Waals surface area contributed by atoms with E-state index in [1.54, 1.807) is 6.07 Å². The van der Waals surface area contributed by atoms with Crippen LogP contribution < -0.4 is 5.32 Å². The van der Waals surface area contributed by atoms with Gasteiger partial charge in [-0.15, -0.1) is 0 Å². The first kappa shape index (κ1) is 20.0. The molecule has 0 spiro atoms. The van der Waals surface area contributed by atoms with Crippen LogP contribution in [-0.2, 0) is 17.7 Å². The summed E-state index contributed by atoms with van der Waals surface area (Å²) in [6.07, 6.45) is -1.18. The third kappa shape index (κ3) is 4.18. The number of hydrogen-bond donors (Lipinski definition) is 3. The van der Waals surface area contributed by atoms with Gasteiger partial charge in [-0.25, -0.2) is 4.39 Å². The first-order valence-electron chi connectivity index (χ1n) is 9.86. The van der Waals surface area contributed by atoms with Crippen molar-refractivity contribution < 1.29 is 24.1 Å². The highest BCUT2D eigenvalue weighted by molar-refractivity contribution is 5.94. The Kier molecular flexibility index (Phi) is 5.91. The number of hydrogen-bond acceptors (Lipinski definition) is 5. The molecule has 3 N–H and O–H groups in total. The molecular weight excluding hydrogens is 375 g/mol. The van der Waals surface area contributed by atoms with Crippen LogP contribution in [-0.4, -0.2) is 65.1 Å². The van der Waals surface area contributed by atoms with Crippen molar-refractivity contribution >= 4 is 5.91 Å². The highest BCUT2D eigenvalue weighted by Crippen LogP contribution is 2.30. The minimum atomic E-state index is -0.860. The highest BCUT2D eigenvalue weighted by atomic mass is 19.1. The number of amides is 1. The van der Waals surface area contributed by atoms with Gasteiger partial charge >= 0.3 is 0 Å². The molecule has 1 fully saturated rings. The van der Waals surface area contributed by atoms with Crippen LogP contribution in [0.3, 0.4) is 0 Å². The van der Waals surface area contributed by atoms with Gasteiger partial charge in [-0.05, 0) is 35.7 Å². The third-order valence-electron chi connectivity index (χ3n) is 5.77. The zero-order chi connectivity index (χ0) is 20.4. The summed E-state index contributed by atoms with van der Waals surface area (Å²) in [6.45, 7) is 1.30. The van der Waals surface area contributed by atoms with Crippen molar-refractivity contribution in [3.63, 3.8) is 0 Å². The van der Waals surface area contributed by atoms with E-state index in [1.807, 2.05) is 12.1 Å². The molecule has 0 saturated carbocycles. The second-order valence-corrected chi connectivity index (χ2v) is 7.59. The van der Waals surface area contributed by atoms with Gasteiger partial charge in [0.2, 0.25) is 0 Å². The van der Waals surface area contributed by atoms with Gasteiger partial charge in [-0.2, -0.15) is 0 Å². The predicted molar refractivity (Wildman–Crippen MR) is 105 cm³/mol. The average molecular weight is 400 g/mol. The zero-order valence-electron chi connectivity index (χ0n) is 16.0. The van der Waals surface area contributed by atoms with Gasteiger partial charge in [0.1, 0.15) is 18.0 Å². The molecule has 2 aliphatic rings. The third-order valence-corrected chi connectivity index (χ3v) is 5.77. The van der Waals surface area contributed by atoms with Crippen molar-refractivity contribution in [2.45, 2.75) is 37.3 Å². The lowest BCUT2D eigenvalue weighted by Gasteiger charge is -2.37. The van der Waals surface area contributed by atoms with E-state index < -0.39 is 30.0 Å². The largest absolute Gasteiger partial charge is 0.394 e. The van der Waals surface area contributed by atoms with E-state index >= 15 is 0 Å². The maximum absolute atomic E-state index is 13.4. The maximum Gasteiger partial charge on any atom is 0.251 e. The van der Waals surface area contributed by atoms with Gasteiger partial charge in [0.15, 0.2) is 0 Å². The molecule has 4 atom stereocenters. The Bertz CT molecular complexity index is 877. The van der Waals surface area contributed by atoms with Gasteiger partial charge < -0.3 is 20.3 Å². The van der Waals surface area contributed by atoms with Crippen LogP contribution in [0.5, 0.6) is 0 Å². The van der Waals surface area contributed by atoms with Crippen LogP contribution in [0.4, 0.5) is 4.39 Å². The van der Waals surface area contributed by atoms with Crippen LogP contribution >= 0.6 is 0 Å². The summed E-state index contributed by atoms with van der Waals surface area (Å²) in [4.78, 5) is 14.5. The number of halogens is 1. The molecule has 0 aromatic heterocycles. The van der Waals surface area contributed by atoms with E-state index in [4.69, 9.17) is 4.74 Å². The van der Waals surface area contributed by atoms with E-state index in [-0.39, 0.29) is 24.8 Å². The standard InChI is InChI=1S/C22H25FN2O4/c23-17-7-3-6-15(10-17)22(28)24-11-18-20(21(27)19(13-26)29-18)25-9-8-14-4-1-2-5-16(14)12-25/h1-7,10,18-21,26-27H,8-9,11-13H2,(H,24,28). The smallest absolute Gasteiger partial charge is 0.251 e. The Morgan fingerprint density at radius 3 is 2.72 bits per heavy atom. The predicted octanol–water partition coefficient (Wildman–Crippen LogP) is 1.10. The summed E-state index contributed by atoms with van der Waals surface area (Å²) in [7, 11) is 0. The van der Waals surface area contributed by atoms with Crippen LogP contribution in [0.1, 0.15) is 21.5 Å². The van der Waals surface area contributed by atoms with Gasteiger partial charge in [0.05, 0.1) is 18.8 Å². The van der Waals surface area contributed by atoms with E-state index in [2.05, 4.69) is 22.3 Å². The monoisotopic (exact) mass is 400 g/mol. The van der Waals surface area contributed by atoms with Gasteiger partial charge in [-0.3, -0.25) is 9.69 Å². The van der Waals surface area contributed by atoms with Crippen molar-refractivity contribution in [3.8, 4) is 0 Å². The number of carbonyl (C=O) groups is 1. The summed E-state index contributed by atoms with van der Waals surface area (Å²) >= 11 is 0. The first-order valence-corrected chi connectivity index (χ1v) is 9.86. The molecule has 154 valence electrons. The molecule has 0 bridgehead atoms. The zero-order valence-corrected chi connectivity index (χ0v) is 16.0. The van der Waals surface area contributed by atoms with E-state index in [0.717, 1.165) is 13.0 Å². The summed E-state index contributed by atoms with van der Waals surface area (Å²) in [5, 5.41) is 23.1. The van der Waals surface area contributed by atoms with Crippen molar-refractivity contribution in [1.29, 1.82) is 0 Å². The Morgan fingerprint density at radius 1 is 1.17 bits per heavy atom. The van der Waals surface area contributed by atoms with E-state index in [1.165, 1.54) is 29.3 Å². The number of rotatable bonds is 5. The van der Waals surface area contributed by atoms with Crippen molar-refractivity contribution in [1.82, 2.24) is 10.2 Å². The molecule has 7 heteroatoms. The lowest BCUT2D eigenvalue weighted by molar-refractivity contribution is -0.0209. The fourth-order valence-corrected chi connectivity index (χ4v) is 4.29. The molecule has 29 heavy (non-hydrogen) atoms. The summed E-state index contributed by atoms with van der Waals surface area (Å²) in [5.74, 6) is -0.881. The van der Waals surface area contributed by atoms with Crippen molar-refractivity contribution in [3.05, 3.63) is 71.0 Å². The number of aliphatic hydroxyl groups excluding tert-OH is 2. The molecule has 2 aliphatic heterocycles. The molecule has 1 amide bonds. The number of ether oxygens (including phenoxy) is 1. The molecular formula is C22H25FN2O4. The molecule has 6 nitrogen and oxygen atoms in total. The number of carbonyl (C=O) groups excluding carboxylic acids is 1. The number of aliphatic hydroxyl groups is 2. The topological polar surface area (TPSA) is 82.0 Å². The second kappa shape index (κ2) is 8.59. The average Bonchev–Trinajstić information content (AvgIpc) is 3.07. The summed E-state index contributed by atoms with van der Waals surface area (Å²) < 4.78 is 19.2. The van der Waals surface area contributed by atoms with E-state index in [9.17, 15) is 19.4 Å². The fourth-order valence-electron chi connectivity index (χ4n) is 4.29. The van der Waals surface area contributed by atoms with Crippen LogP contribution in [0.25, 0.3) is 0 Å². The molecule has 2 heterocycles. The molecule has 4 rings (SSSR count). The Morgan fingerprint density at radius 2 is 1.97 bits per heavy atom. The molecule has 1 saturated heterocycles. The van der Waals surface area contributed by atoms with Crippen molar-refractivity contribution in [2.75, 3.05) is 19.7 Å². The highest BCUT2D eigenvalue weighted by Gasteiger charge is 2.46. The number of fused-ring (bicyclic) bond motifs is 1. The van der Waals surface area contributed by atoms with Gasteiger partial charge in [-0.1, -0.05) is 30.3 Å². The quantitative estimate of drug-likeness (QED) is 0.700. The Balaban J connectivity index is 1.47. The normalized spacial score (nSPS) is 26.9.